The van der Waals surface area contributed by atoms with E-state index in [2.05, 4.69) is 15.3 Å². The molecule has 6 heteroatoms. The largest absolute Gasteiger partial charge is 0.343 e. The van der Waals surface area contributed by atoms with E-state index in [9.17, 15) is 4.79 Å². The highest BCUT2D eigenvalue weighted by Gasteiger charge is 2.20. The van der Waals surface area contributed by atoms with Crippen molar-refractivity contribution in [1.29, 1.82) is 0 Å². The van der Waals surface area contributed by atoms with Gasteiger partial charge in [0.25, 0.3) is 0 Å². The molecule has 3 rings (SSSR count). The molecule has 0 radical (unpaired) electrons. The maximum atomic E-state index is 12.7. The lowest BCUT2D eigenvalue weighted by Crippen LogP contribution is -2.31. The summed E-state index contributed by atoms with van der Waals surface area (Å²) in [6, 6.07) is 16.6. The molecule has 0 bridgehead atoms. The third-order valence-electron chi connectivity index (χ3n) is 3.91. The molecule has 1 aromatic carbocycles. The zero-order valence-electron chi connectivity index (χ0n) is 14.1. The highest BCUT2D eigenvalue weighted by Crippen LogP contribution is 2.25. The van der Waals surface area contributed by atoms with Crippen LogP contribution >= 0.6 is 23.2 Å². The number of halogens is 2. The number of amides is 1. The monoisotopic (exact) mass is 385 g/mol. The molecule has 132 valence electrons. The van der Waals surface area contributed by atoms with Crippen LogP contribution in [0.5, 0.6) is 0 Å². The fraction of sp³-hybridized carbons (Fsp3) is 0.150. The number of hydrogen-bond acceptors (Lipinski definition) is 3. The molecule has 0 aliphatic rings. The maximum absolute atomic E-state index is 12.7. The van der Waals surface area contributed by atoms with Crippen molar-refractivity contribution in [3.05, 3.63) is 93.5 Å². The summed E-state index contributed by atoms with van der Waals surface area (Å²) in [5.74, 6) is -0.209. The van der Waals surface area contributed by atoms with Crippen molar-refractivity contribution in [2.24, 2.45) is 0 Å². The zero-order chi connectivity index (χ0) is 18.5. The van der Waals surface area contributed by atoms with E-state index in [-0.39, 0.29) is 23.5 Å². The van der Waals surface area contributed by atoms with Crippen molar-refractivity contribution < 1.29 is 4.79 Å². The number of aromatic nitrogens is 2. The van der Waals surface area contributed by atoms with Crippen LogP contribution in [0.25, 0.3) is 0 Å². The van der Waals surface area contributed by atoms with Crippen LogP contribution in [-0.2, 0) is 11.2 Å². The second-order valence-electron chi connectivity index (χ2n) is 5.86. The average molecular weight is 386 g/mol. The van der Waals surface area contributed by atoms with Crippen LogP contribution in [0.1, 0.15) is 28.6 Å². The predicted octanol–water partition coefficient (Wildman–Crippen LogP) is 4.54. The smallest absolute Gasteiger partial charge is 0.225 e. The normalized spacial score (nSPS) is 11.8. The third-order valence-corrected chi connectivity index (χ3v) is 4.56. The zero-order valence-corrected chi connectivity index (χ0v) is 15.6. The van der Waals surface area contributed by atoms with E-state index in [4.69, 9.17) is 23.2 Å². The molecule has 0 saturated carbocycles. The van der Waals surface area contributed by atoms with E-state index in [1.54, 1.807) is 19.2 Å². The number of nitrogens with zero attached hydrogens (tertiary/aromatic N) is 2. The van der Waals surface area contributed by atoms with E-state index < -0.39 is 0 Å². The molecule has 26 heavy (non-hydrogen) atoms. The van der Waals surface area contributed by atoms with Crippen molar-refractivity contribution in [2.45, 2.75) is 19.4 Å². The molecule has 1 amide bonds. The minimum atomic E-state index is -0.360. The van der Waals surface area contributed by atoms with Gasteiger partial charge in [-0.1, -0.05) is 59.6 Å². The lowest BCUT2D eigenvalue weighted by atomic mass is 10.0. The Morgan fingerprint density at radius 3 is 2.50 bits per heavy atom. The van der Waals surface area contributed by atoms with Gasteiger partial charge in [0.05, 0.1) is 18.2 Å². The summed E-state index contributed by atoms with van der Waals surface area (Å²) in [6.45, 7) is 1.80. The summed E-state index contributed by atoms with van der Waals surface area (Å²) in [5.41, 5.74) is 2.93. The van der Waals surface area contributed by atoms with E-state index in [1.807, 2.05) is 48.5 Å². The van der Waals surface area contributed by atoms with Crippen molar-refractivity contribution >= 4 is 29.1 Å². The fourth-order valence-corrected chi connectivity index (χ4v) is 3.34. The minimum absolute atomic E-state index is 0.0428. The van der Waals surface area contributed by atoms with Gasteiger partial charge >= 0.3 is 0 Å². The van der Waals surface area contributed by atoms with E-state index in [0.717, 1.165) is 11.3 Å². The highest BCUT2D eigenvalue weighted by atomic mass is 35.5. The number of hydrogen-bond donors (Lipinski definition) is 1. The predicted molar refractivity (Wildman–Crippen MR) is 103 cm³/mol. The Bertz CT molecular complexity index is 839. The maximum Gasteiger partial charge on any atom is 0.225 e. The Balaban J connectivity index is 1.85. The Morgan fingerprint density at radius 2 is 1.85 bits per heavy atom. The van der Waals surface area contributed by atoms with Gasteiger partial charge in [-0.05, 0) is 30.7 Å². The van der Waals surface area contributed by atoms with E-state index in [0.29, 0.717) is 16.3 Å². The SMILES string of the molecule is Cc1cc(Cl)c(CC(=O)NC(c2ccccc2)c2ccccn2)c(Cl)n1. The third kappa shape index (κ3) is 4.40. The van der Waals surface area contributed by atoms with Gasteiger partial charge in [-0.3, -0.25) is 9.78 Å². The summed E-state index contributed by atoms with van der Waals surface area (Å²) in [7, 11) is 0. The van der Waals surface area contributed by atoms with Gasteiger partial charge in [0.15, 0.2) is 0 Å². The Hall–Kier alpha value is -2.43. The topological polar surface area (TPSA) is 54.9 Å². The molecule has 0 aliphatic carbocycles. The van der Waals surface area contributed by atoms with Crippen molar-refractivity contribution in [3.63, 3.8) is 0 Å². The Morgan fingerprint density at radius 1 is 1.12 bits per heavy atom. The summed E-state index contributed by atoms with van der Waals surface area (Å²) in [6.07, 6.45) is 1.75. The van der Waals surface area contributed by atoms with E-state index >= 15 is 0 Å². The molecular formula is C20H17Cl2N3O. The number of rotatable bonds is 5. The minimum Gasteiger partial charge on any atom is -0.343 e. The van der Waals surface area contributed by atoms with Crippen LogP contribution in [0, 0.1) is 6.92 Å². The van der Waals surface area contributed by atoms with Crippen LogP contribution in [0.3, 0.4) is 0 Å². The number of aryl methyl sites for hydroxylation is 1. The van der Waals surface area contributed by atoms with Crippen molar-refractivity contribution in [1.82, 2.24) is 15.3 Å². The van der Waals surface area contributed by atoms with Gasteiger partial charge in [-0.15, -0.1) is 0 Å². The standard InChI is InChI=1S/C20H17Cl2N3O/c1-13-11-16(21)15(20(22)24-13)12-18(26)25-19(14-7-3-2-4-8-14)17-9-5-6-10-23-17/h2-11,19H,12H2,1H3,(H,25,26). The first-order chi connectivity index (χ1) is 12.5. The van der Waals surface area contributed by atoms with Crippen LogP contribution in [0.15, 0.2) is 60.8 Å². The molecule has 3 aromatic rings. The Kier molecular flexibility index (Phi) is 5.86. The molecule has 0 spiro atoms. The summed E-state index contributed by atoms with van der Waals surface area (Å²) >= 11 is 12.4. The van der Waals surface area contributed by atoms with Gasteiger partial charge in [0.1, 0.15) is 5.15 Å². The second-order valence-corrected chi connectivity index (χ2v) is 6.62. The molecule has 1 N–H and O–H groups in total. The molecule has 0 saturated heterocycles. The van der Waals surface area contributed by atoms with Crippen LogP contribution in [0.4, 0.5) is 0 Å². The molecule has 2 heterocycles. The molecule has 1 unspecified atom stereocenters. The lowest BCUT2D eigenvalue weighted by Gasteiger charge is -2.19. The average Bonchev–Trinajstić information content (AvgIpc) is 2.64. The van der Waals surface area contributed by atoms with Crippen LogP contribution in [-0.4, -0.2) is 15.9 Å². The van der Waals surface area contributed by atoms with Gasteiger partial charge in [0.2, 0.25) is 5.91 Å². The first kappa shape index (κ1) is 18.4. The highest BCUT2D eigenvalue weighted by molar-refractivity contribution is 6.35. The molecule has 0 aliphatic heterocycles. The molecule has 1 atom stereocenters. The molecule has 4 nitrogen and oxygen atoms in total. The first-order valence-corrected chi connectivity index (χ1v) is 8.87. The van der Waals surface area contributed by atoms with Gasteiger partial charge in [-0.25, -0.2) is 4.98 Å². The second kappa shape index (κ2) is 8.30. The van der Waals surface area contributed by atoms with E-state index in [1.165, 1.54) is 0 Å². The number of carbonyl (C=O) groups excluding carboxylic acids is 1. The number of nitrogens with one attached hydrogen (secondary N) is 1. The summed E-state index contributed by atoms with van der Waals surface area (Å²) in [4.78, 5) is 21.2. The van der Waals surface area contributed by atoms with Gasteiger partial charge in [-0.2, -0.15) is 0 Å². The van der Waals surface area contributed by atoms with Gasteiger partial charge < -0.3 is 5.32 Å². The Labute approximate surface area is 162 Å². The lowest BCUT2D eigenvalue weighted by molar-refractivity contribution is -0.121. The number of pyridine rings is 2. The summed E-state index contributed by atoms with van der Waals surface area (Å²) in [5, 5.41) is 3.71. The first-order valence-electron chi connectivity index (χ1n) is 8.11. The van der Waals surface area contributed by atoms with Gasteiger partial charge in [0, 0.05) is 22.5 Å². The van der Waals surface area contributed by atoms with Crippen molar-refractivity contribution in [3.8, 4) is 0 Å². The number of benzene rings is 1. The quantitative estimate of drug-likeness (QED) is 0.655. The number of carbonyl (C=O) groups is 1. The van der Waals surface area contributed by atoms with Crippen LogP contribution in [0.2, 0.25) is 10.2 Å². The molecule has 0 fully saturated rings. The van der Waals surface area contributed by atoms with Crippen molar-refractivity contribution in [2.75, 3.05) is 0 Å². The van der Waals surface area contributed by atoms with Crippen LogP contribution < -0.4 is 5.32 Å². The fourth-order valence-electron chi connectivity index (χ4n) is 2.67. The summed E-state index contributed by atoms with van der Waals surface area (Å²) < 4.78 is 0. The molecular weight excluding hydrogens is 369 g/mol. The molecule has 2 aromatic heterocycles.